The number of halogens is 1. The molecule has 1 aromatic carbocycles. The van der Waals surface area contributed by atoms with Gasteiger partial charge in [-0.15, -0.1) is 0 Å². The number of aromatic nitrogens is 3. The van der Waals surface area contributed by atoms with Crippen molar-refractivity contribution in [2.24, 2.45) is 5.92 Å². The van der Waals surface area contributed by atoms with E-state index in [0.717, 1.165) is 61.2 Å². The zero-order chi connectivity index (χ0) is 27.6. The first-order valence-electron chi connectivity index (χ1n) is 13.5. The average Bonchev–Trinajstić information content (AvgIpc) is 3.37. The Labute approximate surface area is 242 Å². The second-order valence-electron chi connectivity index (χ2n) is 11.2. The summed E-state index contributed by atoms with van der Waals surface area (Å²) in [6, 6.07) is 10.5. The van der Waals surface area contributed by atoms with Crippen molar-refractivity contribution in [2.75, 3.05) is 36.4 Å². The predicted octanol–water partition coefficient (Wildman–Crippen LogP) is 5.34. The maximum absolute atomic E-state index is 12.5. The van der Waals surface area contributed by atoms with Crippen LogP contribution in [0.1, 0.15) is 46.5 Å². The minimum atomic E-state index is -0.497. The fourth-order valence-electron chi connectivity index (χ4n) is 5.36. The lowest BCUT2D eigenvalue weighted by Gasteiger charge is -2.37. The molecule has 0 atom stereocenters. The average molecular weight is 647 g/mol. The molecule has 208 valence electrons. The molecule has 1 aliphatic carbocycles. The van der Waals surface area contributed by atoms with Crippen LogP contribution in [0.5, 0.6) is 0 Å². The highest BCUT2D eigenvalue weighted by Crippen LogP contribution is 2.31. The normalized spacial score (nSPS) is 20.1. The summed E-state index contributed by atoms with van der Waals surface area (Å²) < 4.78 is 12.5. The SMILES string of the molecule is CC(C)(C)OC(=O)N1CCN(c2cccc3c2ccn3-c2ccnc(NC3CCC(C(=O)OI)CC3)n2)CC1. The Bertz CT molecular complexity index is 1320. The summed E-state index contributed by atoms with van der Waals surface area (Å²) >= 11 is 1.67. The fraction of sp³-hybridized carbons (Fsp3) is 0.500. The van der Waals surface area contributed by atoms with E-state index < -0.39 is 5.60 Å². The van der Waals surface area contributed by atoms with Crippen molar-refractivity contribution < 1.29 is 17.4 Å². The number of rotatable bonds is 5. The number of ether oxygens (including phenoxy) is 1. The molecule has 2 aliphatic rings. The van der Waals surface area contributed by atoms with Crippen molar-refractivity contribution in [3.05, 3.63) is 42.7 Å². The number of carbonyl (C=O) groups is 2. The molecular formula is C28H35IN6O4. The first-order chi connectivity index (χ1) is 18.7. The molecule has 1 N–H and O–H groups in total. The van der Waals surface area contributed by atoms with Gasteiger partial charge in [0.15, 0.2) is 23.0 Å². The highest BCUT2D eigenvalue weighted by Gasteiger charge is 2.28. The van der Waals surface area contributed by atoms with Crippen LogP contribution in [-0.4, -0.2) is 69.3 Å². The Balaban J connectivity index is 1.27. The first-order valence-corrected chi connectivity index (χ1v) is 14.4. The van der Waals surface area contributed by atoms with Crippen LogP contribution in [0.25, 0.3) is 16.7 Å². The van der Waals surface area contributed by atoms with Crippen LogP contribution >= 0.6 is 23.0 Å². The molecule has 39 heavy (non-hydrogen) atoms. The van der Waals surface area contributed by atoms with E-state index in [1.54, 1.807) is 34.1 Å². The number of benzene rings is 1. The molecule has 1 amide bonds. The smallest absolute Gasteiger partial charge is 0.410 e. The van der Waals surface area contributed by atoms with Gasteiger partial charge in [0.1, 0.15) is 11.4 Å². The predicted molar refractivity (Wildman–Crippen MR) is 158 cm³/mol. The summed E-state index contributed by atoms with van der Waals surface area (Å²) in [4.78, 5) is 37.7. The van der Waals surface area contributed by atoms with E-state index in [1.807, 2.05) is 33.0 Å². The van der Waals surface area contributed by atoms with Gasteiger partial charge in [-0.2, -0.15) is 4.98 Å². The summed E-state index contributed by atoms with van der Waals surface area (Å²) in [5.74, 6) is 1.23. The summed E-state index contributed by atoms with van der Waals surface area (Å²) in [5, 5.41) is 4.59. The minimum Gasteiger partial charge on any atom is -0.444 e. The number of nitrogens with one attached hydrogen (secondary N) is 1. The molecule has 3 aromatic rings. The van der Waals surface area contributed by atoms with E-state index in [9.17, 15) is 9.59 Å². The summed E-state index contributed by atoms with van der Waals surface area (Å²) in [7, 11) is 0. The lowest BCUT2D eigenvalue weighted by Crippen LogP contribution is -2.50. The third-order valence-corrected chi connectivity index (χ3v) is 7.77. The lowest BCUT2D eigenvalue weighted by molar-refractivity contribution is -0.136. The molecule has 0 radical (unpaired) electrons. The monoisotopic (exact) mass is 646 g/mol. The summed E-state index contributed by atoms with van der Waals surface area (Å²) in [6.45, 7) is 8.38. The zero-order valence-electron chi connectivity index (χ0n) is 22.6. The molecule has 0 spiro atoms. The van der Waals surface area contributed by atoms with Gasteiger partial charge in [0.25, 0.3) is 0 Å². The van der Waals surface area contributed by atoms with E-state index in [1.165, 1.54) is 0 Å². The maximum atomic E-state index is 12.5. The van der Waals surface area contributed by atoms with Crippen molar-refractivity contribution in [1.29, 1.82) is 0 Å². The number of hydrogen-bond acceptors (Lipinski definition) is 8. The largest absolute Gasteiger partial charge is 0.444 e. The van der Waals surface area contributed by atoms with E-state index in [0.29, 0.717) is 19.0 Å². The molecule has 2 fully saturated rings. The van der Waals surface area contributed by atoms with Gasteiger partial charge in [0.05, 0.1) is 11.4 Å². The zero-order valence-corrected chi connectivity index (χ0v) is 24.8. The molecule has 1 aliphatic heterocycles. The Kier molecular flexibility index (Phi) is 8.15. The number of carbonyl (C=O) groups excluding carboxylic acids is 2. The van der Waals surface area contributed by atoms with Crippen LogP contribution in [0.15, 0.2) is 42.7 Å². The molecule has 1 saturated heterocycles. The standard InChI is InChI=1S/C28H35IN6O4/c1-28(2,3)38-27(37)34-17-15-33(16-18-34)22-5-4-6-23-21(22)12-14-35(23)24-11-13-30-26(32-24)31-20-9-7-19(8-10-20)25(36)39-29/h4-6,11-14,19-20H,7-10,15-18H2,1-3H3,(H,30,31,32). The lowest BCUT2D eigenvalue weighted by atomic mass is 9.86. The van der Waals surface area contributed by atoms with Gasteiger partial charge >= 0.3 is 12.1 Å². The summed E-state index contributed by atoms with van der Waals surface area (Å²) in [5.41, 5.74) is 1.71. The van der Waals surface area contributed by atoms with Crippen LogP contribution < -0.4 is 10.2 Å². The number of anilines is 2. The van der Waals surface area contributed by atoms with Crippen LogP contribution in [0, 0.1) is 5.92 Å². The Hall–Kier alpha value is -3.09. The molecule has 0 bridgehead atoms. The van der Waals surface area contributed by atoms with Crippen molar-refractivity contribution in [3.63, 3.8) is 0 Å². The number of amides is 1. The Morgan fingerprint density at radius 3 is 2.46 bits per heavy atom. The topological polar surface area (TPSA) is 102 Å². The van der Waals surface area contributed by atoms with Crippen LogP contribution in [0.3, 0.4) is 0 Å². The van der Waals surface area contributed by atoms with Gasteiger partial charge in [-0.3, -0.25) is 4.79 Å². The minimum absolute atomic E-state index is 0.0204. The molecule has 10 nitrogen and oxygen atoms in total. The van der Waals surface area contributed by atoms with E-state index >= 15 is 0 Å². The second-order valence-corrected chi connectivity index (χ2v) is 11.6. The van der Waals surface area contributed by atoms with Crippen molar-refractivity contribution in [3.8, 4) is 5.82 Å². The van der Waals surface area contributed by atoms with Gasteiger partial charge in [0.2, 0.25) is 5.95 Å². The van der Waals surface area contributed by atoms with Gasteiger partial charge in [-0.05, 0) is 70.7 Å². The van der Waals surface area contributed by atoms with E-state index in [2.05, 4.69) is 44.0 Å². The fourth-order valence-corrected chi connectivity index (χ4v) is 5.71. The molecule has 3 heterocycles. The van der Waals surface area contributed by atoms with Crippen LogP contribution in [-0.2, 0) is 12.6 Å². The van der Waals surface area contributed by atoms with Gasteiger partial charge in [-0.25, -0.2) is 9.78 Å². The number of nitrogens with zero attached hydrogens (tertiary/aromatic N) is 5. The van der Waals surface area contributed by atoms with Crippen molar-refractivity contribution in [1.82, 2.24) is 19.4 Å². The number of fused-ring (bicyclic) bond motifs is 1. The molecule has 1 saturated carbocycles. The van der Waals surface area contributed by atoms with E-state index in [-0.39, 0.29) is 24.0 Å². The maximum Gasteiger partial charge on any atom is 0.410 e. The van der Waals surface area contributed by atoms with Crippen LogP contribution in [0.4, 0.5) is 16.4 Å². The second kappa shape index (κ2) is 11.6. The van der Waals surface area contributed by atoms with Gasteiger partial charge in [-0.1, -0.05) is 6.07 Å². The molecule has 5 rings (SSSR count). The molecular weight excluding hydrogens is 611 g/mol. The summed E-state index contributed by atoms with van der Waals surface area (Å²) in [6.07, 6.45) is 6.91. The molecule has 0 unspecified atom stereocenters. The highest BCUT2D eigenvalue weighted by molar-refractivity contribution is 14.1. The third kappa shape index (κ3) is 6.39. The van der Waals surface area contributed by atoms with Crippen molar-refractivity contribution >= 4 is 57.6 Å². The van der Waals surface area contributed by atoms with Crippen LogP contribution in [0.2, 0.25) is 0 Å². The van der Waals surface area contributed by atoms with Gasteiger partial charge in [0, 0.05) is 55.7 Å². The van der Waals surface area contributed by atoms with Gasteiger partial charge < -0.3 is 27.5 Å². The molecule has 2 aromatic heterocycles. The third-order valence-electron chi connectivity index (χ3n) is 7.34. The quantitative estimate of drug-likeness (QED) is 0.371. The number of piperazine rings is 1. The number of hydrogen-bond donors (Lipinski definition) is 1. The highest BCUT2D eigenvalue weighted by atomic mass is 127. The molecule has 11 heteroatoms. The van der Waals surface area contributed by atoms with E-state index in [4.69, 9.17) is 12.8 Å². The Morgan fingerprint density at radius 2 is 1.77 bits per heavy atom. The Morgan fingerprint density at radius 1 is 1.03 bits per heavy atom. The van der Waals surface area contributed by atoms with Crippen molar-refractivity contribution in [2.45, 2.75) is 58.1 Å². The first kappa shape index (κ1) is 27.5.